The zero-order valence-corrected chi connectivity index (χ0v) is 16.8. The summed E-state index contributed by atoms with van der Waals surface area (Å²) in [6.07, 6.45) is 0.119. The van der Waals surface area contributed by atoms with E-state index < -0.39 is 11.5 Å². The summed E-state index contributed by atoms with van der Waals surface area (Å²) < 4.78 is 10.9. The fourth-order valence-electron chi connectivity index (χ4n) is 3.72. The Balaban J connectivity index is 1.52. The Kier molecular flexibility index (Phi) is 5.27. The molecule has 0 bridgehead atoms. The van der Waals surface area contributed by atoms with Crippen LogP contribution in [0.4, 0.5) is 11.4 Å². The number of para-hydroxylation sites is 2. The van der Waals surface area contributed by atoms with Gasteiger partial charge in [-0.05, 0) is 43.7 Å². The number of benzene rings is 2. The fourth-order valence-corrected chi connectivity index (χ4v) is 3.72. The number of hydrogen-bond acceptors (Lipinski definition) is 5. The van der Waals surface area contributed by atoms with Crippen molar-refractivity contribution < 1.29 is 18.7 Å². The van der Waals surface area contributed by atoms with Gasteiger partial charge >= 0.3 is 5.63 Å². The molecule has 1 atom stereocenters. The maximum atomic E-state index is 12.8. The molecule has 1 fully saturated rings. The molecule has 7 heteroatoms. The maximum absolute atomic E-state index is 12.8. The molecule has 4 rings (SSSR count). The molecule has 154 valence electrons. The van der Waals surface area contributed by atoms with E-state index in [0.29, 0.717) is 29.3 Å². The van der Waals surface area contributed by atoms with Crippen molar-refractivity contribution in [2.45, 2.75) is 20.3 Å². The van der Waals surface area contributed by atoms with Crippen molar-refractivity contribution in [3.8, 4) is 5.75 Å². The quantitative estimate of drug-likeness (QED) is 0.655. The van der Waals surface area contributed by atoms with Crippen LogP contribution in [0.25, 0.3) is 11.0 Å². The van der Waals surface area contributed by atoms with Crippen molar-refractivity contribution in [1.29, 1.82) is 0 Å². The van der Waals surface area contributed by atoms with E-state index in [-0.39, 0.29) is 24.8 Å². The topological polar surface area (TPSA) is 88.8 Å². The summed E-state index contributed by atoms with van der Waals surface area (Å²) in [6, 6.07) is 13.9. The zero-order chi connectivity index (χ0) is 21.3. The van der Waals surface area contributed by atoms with Crippen molar-refractivity contribution in [1.82, 2.24) is 0 Å². The molecule has 30 heavy (non-hydrogen) atoms. The summed E-state index contributed by atoms with van der Waals surface area (Å²) in [5, 5.41) is 3.64. The highest BCUT2D eigenvalue weighted by Crippen LogP contribution is 2.33. The van der Waals surface area contributed by atoms with Gasteiger partial charge in [0.2, 0.25) is 11.8 Å². The molecule has 1 aromatic heterocycles. The van der Waals surface area contributed by atoms with E-state index in [9.17, 15) is 14.4 Å². The molecule has 2 amide bonds. The molecule has 1 unspecified atom stereocenters. The number of hydrogen-bond donors (Lipinski definition) is 1. The van der Waals surface area contributed by atoms with Crippen molar-refractivity contribution in [3.63, 3.8) is 0 Å². The van der Waals surface area contributed by atoms with Crippen LogP contribution in [0.15, 0.2) is 57.7 Å². The number of fused-ring (bicyclic) bond motifs is 1. The average molecular weight is 406 g/mol. The van der Waals surface area contributed by atoms with E-state index in [0.717, 1.165) is 10.9 Å². The van der Waals surface area contributed by atoms with Crippen LogP contribution in [0.2, 0.25) is 0 Å². The Labute approximate surface area is 173 Å². The van der Waals surface area contributed by atoms with E-state index in [2.05, 4.69) is 5.32 Å². The monoisotopic (exact) mass is 406 g/mol. The molecule has 1 aliphatic heterocycles. The van der Waals surface area contributed by atoms with Crippen LogP contribution in [0.3, 0.4) is 0 Å². The van der Waals surface area contributed by atoms with Crippen molar-refractivity contribution in [3.05, 3.63) is 64.5 Å². The van der Waals surface area contributed by atoms with Crippen LogP contribution in [0, 0.1) is 12.8 Å². The lowest BCUT2D eigenvalue weighted by molar-refractivity contribution is -0.122. The van der Waals surface area contributed by atoms with Crippen LogP contribution in [-0.2, 0) is 9.59 Å². The second-order valence-corrected chi connectivity index (χ2v) is 7.25. The van der Waals surface area contributed by atoms with Gasteiger partial charge in [-0.3, -0.25) is 9.59 Å². The van der Waals surface area contributed by atoms with Gasteiger partial charge in [0.05, 0.1) is 18.2 Å². The van der Waals surface area contributed by atoms with Gasteiger partial charge < -0.3 is 19.4 Å². The van der Waals surface area contributed by atoms with E-state index in [1.54, 1.807) is 23.1 Å². The number of ether oxygens (including phenoxy) is 1. The average Bonchev–Trinajstić information content (AvgIpc) is 3.10. The molecular weight excluding hydrogens is 384 g/mol. The van der Waals surface area contributed by atoms with Crippen LogP contribution in [0.5, 0.6) is 5.75 Å². The summed E-state index contributed by atoms with van der Waals surface area (Å²) in [5.74, 6) is -0.252. The Bertz CT molecular complexity index is 1180. The molecule has 1 saturated heterocycles. The van der Waals surface area contributed by atoms with Gasteiger partial charge in [-0.25, -0.2) is 4.79 Å². The van der Waals surface area contributed by atoms with Crippen LogP contribution >= 0.6 is 0 Å². The van der Waals surface area contributed by atoms with E-state index in [4.69, 9.17) is 9.15 Å². The molecule has 1 N–H and O–H groups in total. The number of nitrogens with one attached hydrogen (secondary N) is 1. The Morgan fingerprint density at radius 1 is 1.20 bits per heavy atom. The Morgan fingerprint density at radius 3 is 2.80 bits per heavy atom. The first-order chi connectivity index (χ1) is 14.5. The highest BCUT2D eigenvalue weighted by molar-refractivity contribution is 6.04. The minimum atomic E-state index is -0.493. The van der Waals surface area contributed by atoms with Crippen LogP contribution in [-0.4, -0.2) is 25.0 Å². The van der Waals surface area contributed by atoms with Crippen molar-refractivity contribution >= 4 is 34.2 Å². The summed E-state index contributed by atoms with van der Waals surface area (Å²) in [6.45, 7) is 4.47. The summed E-state index contributed by atoms with van der Waals surface area (Å²) in [4.78, 5) is 38.6. The van der Waals surface area contributed by atoms with Gasteiger partial charge in [0.25, 0.3) is 0 Å². The fraction of sp³-hybridized carbons (Fsp3) is 0.261. The molecule has 0 spiro atoms. The maximum Gasteiger partial charge on any atom is 0.336 e. The van der Waals surface area contributed by atoms with Crippen LogP contribution < -0.4 is 20.6 Å². The first kappa shape index (κ1) is 19.7. The number of anilines is 2. The lowest BCUT2D eigenvalue weighted by Crippen LogP contribution is -2.28. The third-order valence-electron chi connectivity index (χ3n) is 5.17. The second-order valence-electron chi connectivity index (χ2n) is 7.25. The van der Waals surface area contributed by atoms with E-state index >= 15 is 0 Å². The van der Waals surface area contributed by atoms with Crippen molar-refractivity contribution in [2.24, 2.45) is 5.92 Å². The standard InChI is InChI=1S/C23H22N2O5/c1-3-29-19-7-5-4-6-18(19)25-13-15(11-21(25)26)23(28)24-16-8-9-17-14(2)10-22(27)30-20(17)12-16/h4-10,12,15H,3,11,13H2,1-2H3,(H,24,28). The first-order valence-corrected chi connectivity index (χ1v) is 9.84. The summed E-state index contributed by atoms with van der Waals surface area (Å²) in [7, 11) is 0. The number of carbonyl (C=O) groups is 2. The molecule has 7 nitrogen and oxygen atoms in total. The van der Waals surface area contributed by atoms with Gasteiger partial charge in [-0.2, -0.15) is 0 Å². The molecule has 3 aromatic rings. The minimum absolute atomic E-state index is 0.119. The number of aryl methyl sites for hydroxylation is 1. The SMILES string of the molecule is CCOc1ccccc1N1CC(C(=O)Nc2ccc3c(C)cc(=O)oc3c2)CC1=O. The minimum Gasteiger partial charge on any atom is -0.492 e. The lowest BCUT2D eigenvalue weighted by atomic mass is 10.1. The smallest absolute Gasteiger partial charge is 0.336 e. The summed E-state index contributed by atoms with van der Waals surface area (Å²) in [5.41, 5.74) is 1.97. The molecule has 2 heterocycles. The van der Waals surface area contributed by atoms with Gasteiger partial charge in [-0.1, -0.05) is 12.1 Å². The number of amides is 2. The third-order valence-corrected chi connectivity index (χ3v) is 5.17. The first-order valence-electron chi connectivity index (χ1n) is 9.84. The highest BCUT2D eigenvalue weighted by atomic mass is 16.5. The second kappa shape index (κ2) is 8.02. The molecule has 0 aliphatic carbocycles. The number of carbonyl (C=O) groups excluding carboxylic acids is 2. The highest BCUT2D eigenvalue weighted by Gasteiger charge is 2.36. The molecular formula is C23H22N2O5. The zero-order valence-electron chi connectivity index (χ0n) is 16.8. The molecule has 2 aromatic carbocycles. The molecule has 1 aliphatic rings. The molecule has 0 radical (unpaired) electrons. The van der Waals surface area contributed by atoms with Gasteiger partial charge in [0.15, 0.2) is 0 Å². The predicted octanol–water partition coefficient (Wildman–Crippen LogP) is 3.49. The third kappa shape index (κ3) is 3.78. The van der Waals surface area contributed by atoms with E-state index in [1.165, 1.54) is 6.07 Å². The van der Waals surface area contributed by atoms with Crippen molar-refractivity contribution in [2.75, 3.05) is 23.4 Å². The lowest BCUT2D eigenvalue weighted by Gasteiger charge is -2.20. The normalized spacial score (nSPS) is 16.1. The van der Waals surface area contributed by atoms with Gasteiger partial charge in [0, 0.05) is 36.2 Å². The Morgan fingerprint density at radius 2 is 2.00 bits per heavy atom. The largest absolute Gasteiger partial charge is 0.492 e. The van der Waals surface area contributed by atoms with E-state index in [1.807, 2.05) is 38.1 Å². The Hall–Kier alpha value is -3.61. The molecule has 0 saturated carbocycles. The predicted molar refractivity (Wildman–Crippen MR) is 114 cm³/mol. The number of nitrogens with zero attached hydrogens (tertiary/aromatic N) is 1. The van der Waals surface area contributed by atoms with Gasteiger partial charge in [-0.15, -0.1) is 0 Å². The van der Waals surface area contributed by atoms with Crippen LogP contribution in [0.1, 0.15) is 18.9 Å². The number of rotatable bonds is 5. The summed E-state index contributed by atoms with van der Waals surface area (Å²) >= 11 is 0. The van der Waals surface area contributed by atoms with Gasteiger partial charge in [0.1, 0.15) is 11.3 Å².